The number of likely N-dealkylation sites (tertiary alicyclic amines) is 1. The second kappa shape index (κ2) is 7.20. The van der Waals surface area contributed by atoms with E-state index in [9.17, 15) is 18.0 Å². The molecule has 23 heavy (non-hydrogen) atoms. The molecule has 1 saturated heterocycles. The number of nitrogens with two attached hydrogens (primary N) is 1. The van der Waals surface area contributed by atoms with Crippen LogP contribution in [0.25, 0.3) is 0 Å². The van der Waals surface area contributed by atoms with E-state index in [-0.39, 0.29) is 24.3 Å². The van der Waals surface area contributed by atoms with Gasteiger partial charge in [0.2, 0.25) is 11.8 Å². The van der Waals surface area contributed by atoms with Crippen molar-refractivity contribution in [3.63, 3.8) is 0 Å². The zero-order valence-electron chi connectivity index (χ0n) is 14.0. The summed E-state index contributed by atoms with van der Waals surface area (Å²) < 4.78 is 26.0. The van der Waals surface area contributed by atoms with Gasteiger partial charge in [-0.3, -0.25) is 9.59 Å². The molecule has 0 radical (unpaired) electrons. The van der Waals surface area contributed by atoms with E-state index in [1.165, 1.54) is 4.90 Å². The van der Waals surface area contributed by atoms with Crippen LogP contribution in [0.4, 0.5) is 0 Å². The van der Waals surface area contributed by atoms with E-state index < -0.39 is 26.2 Å². The highest BCUT2D eigenvalue weighted by Crippen LogP contribution is 2.30. The summed E-state index contributed by atoms with van der Waals surface area (Å²) in [6, 6.07) is 0. The largest absolute Gasteiger partial charge is 0.369 e. The van der Waals surface area contributed by atoms with Gasteiger partial charge in [-0.2, -0.15) is 0 Å². The lowest BCUT2D eigenvalue weighted by molar-refractivity contribution is -0.130. The molecule has 2 aliphatic rings. The van der Waals surface area contributed by atoms with Gasteiger partial charge in [-0.25, -0.2) is 8.42 Å². The molecule has 2 unspecified atom stereocenters. The van der Waals surface area contributed by atoms with E-state index in [0.29, 0.717) is 25.8 Å². The Hall–Kier alpha value is -1.11. The number of hydrogen-bond acceptors (Lipinski definition) is 4. The normalized spacial score (nSPS) is 24.8. The first-order valence-corrected chi connectivity index (χ1v) is 10.2. The third-order valence-corrected chi connectivity index (χ3v) is 7.98. The van der Waals surface area contributed by atoms with Gasteiger partial charge in [0.1, 0.15) is 5.25 Å². The third kappa shape index (κ3) is 3.87. The molecule has 2 atom stereocenters. The smallest absolute Gasteiger partial charge is 0.241 e. The van der Waals surface area contributed by atoms with E-state index in [1.54, 1.807) is 13.8 Å². The Balaban J connectivity index is 2.17. The Kier molecular flexibility index (Phi) is 5.70. The number of hydrogen-bond donors (Lipinski definition) is 1. The van der Waals surface area contributed by atoms with Crippen LogP contribution < -0.4 is 5.73 Å². The molecule has 1 heterocycles. The summed E-state index contributed by atoms with van der Waals surface area (Å²) >= 11 is 0. The minimum Gasteiger partial charge on any atom is -0.369 e. The fourth-order valence-electron chi connectivity index (χ4n) is 3.78. The SMILES string of the molecule is CC(C)C(C(=O)N1CCC(C(N)=O)C1)S(=O)(=O)C1CCCCC1. The first-order valence-electron chi connectivity index (χ1n) is 8.56. The molecule has 7 heteroatoms. The molecular weight excluding hydrogens is 316 g/mol. The average Bonchev–Trinajstić information content (AvgIpc) is 2.97. The summed E-state index contributed by atoms with van der Waals surface area (Å²) in [6.45, 7) is 4.22. The molecule has 2 fully saturated rings. The molecule has 0 aromatic carbocycles. The molecule has 0 aromatic heterocycles. The monoisotopic (exact) mass is 344 g/mol. The Morgan fingerprint density at radius 1 is 1.09 bits per heavy atom. The number of rotatable bonds is 5. The van der Waals surface area contributed by atoms with Crippen molar-refractivity contribution in [2.75, 3.05) is 13.1 Å². The van der Waals surface area contributed by atoms with E-state index >= 15 is 0 Å². The van der Waals surface area contributed by atoms with Gasteiger partial charge in [0.05, 0.1) is 11.2 Å². The van der Waals surface area contributed by atoms with Crippen LogP contribution in [0.5, 0.6) is 0 Å². The highest BCUT2D eigenvalue weighted by Gasteiger charge is 2.44. The highest BCUT2D eigenvalue weighted by atomic mass is 32.2. The van der Waals surface area contributed by atoms with Crippen molar-refractivity contribution in [2.45, 2.75) is 62.9 Å². The van der Waals surface area contributed by atoms with E-state index in [4.69, 9.17) is 5.73 Å². The van der Waals surface area contributed by atoms with Gasteiger partial charge in [-0.15, -0.1) is 0 Å². The van der Waals surface area contributed by atoms with Crippen LogP contribution in [-0.4, -0.2) is 48.7 Å². The molecular formula is C16H28N2O4S. The molecule has 1 saturated carbocycles. The Morgan fingerprint density at radius 3 is 2.17 bits per heavy atom. The third-order valence-electron chi connectivity index (χ3n) is 5.12. The Labute approximate surface area is 138 Å². The second-order valence-corrected chi connectivity index (χ2v) is 9.54. The fraction of sp³-hybridized carbons (Fsp3) is 0.875. The van der Waals surface area contributed by atoms with Gasteiger partial charge in [-0.05, 0) is 25.2 Å². The maximum absolute atomic E-state index is 13.0. The number of amides is 2. The van der Waals surface area contributed by atoms with Gasteiger partial charge in [0.15, 0.2) is 9.84 Å². The average molecular weight is 344 g/mol. The second-order valence-electron chi connectivity index (χ2n) is 7.19. The summed E-state index contributed by atoms with van der Waals surface area (Å²) in [4.78, 5) is 25.6. The lowest BCUT2D eigenvalue weighted by atomic mass is 10.0. The maximum Gasteiger partial charge on any atom is 0.241 e. The molecule has 0 spiro atoms. The summed E-state index contributed by atoms with van der Waals surface area (Å²) in [7, 11) is -3.51. The van der Waals surface area contributed by atoms with E-state index in [0.717, 1.165) is 19.3 Å². The number of primary amides is 1. The molecule has 0 aromatic rings. The van der Waals surface area contributed by atoms with E-state index in [1.807, 2.05) is 0 Å². The van der Waals surface area contributed by atoms with Crippen LogP contribution in [0.1, 0.15) is 52.4 Å². The summed E-state index contributed by atoms with van der Waals surface area (Å²) in [6.07, 6.45) is 4.73. The maximum atomic E-state index is 13.0. The lowest BCUT2D eigenvalue weighted by Gasteiger charge is -2.31. The van der Waals surface area contributed by atoms with Crippen LogP contribution in [0.2, 0.25) is 0 Å². The van der Waals surface area contributed by atoms with Gasteiger partial charge < -0.3 is 10.6 Å². The predicted molar refractivity (Wildman–Crippen MR) is 88.3 cm³/mol. The molecule has 1 aliphatic carbocycles. The fourth-order valence-corrected chi connectivity index (χ4v) is 6.37. The quantitative estimate of drug-likeness (QED) is 0.807. The van der Waals surface area contributed by atoms with Gasteiger partial charge in [0, 0.05) is 13.1 Å². The van der Waals surface area contributed by atoms with Gasteiger partial charge in [0.25, 0.3) is 0 Å². The van der Waals surface area contributed by atoms with Crippen LogP contribution >= 0.6 is 0 Å². The molecule has 2 N–H and O–H groups in total. The summed E-state index contributed by atoms with van der Waals surface area (Å²) in [5, 5.41) is -1.40. The van der Waals surface area contributed by atoms with Crippen LogP contribution in [0.15, 0.2) is 0 Å². The van der Waals surface area contributed by atoms with Crippen molar-refractivity contribution in [3.8, 4) is 0 Å². The van der Waals surface area contributed by atoms with Crippen LogP contribution in [0, 0.1) is 11.8 Å². The number of nitrogens with zero attached hydrogens (tertiary/aromatic N) is 1. The molecule has 1 aliphatic heterocycles. The van der Waals surface area contributed by atoms with Crippen molar-refractivity contribution in [2.24, 2.45) is 17.6 Å². The number of carbonyl (C=O) groups is 2. The Bertz CT molecular complexity index is 552. The van der Waals surface area contributed by atoms with Crippen LogP contribution in [-0.2, 0) is 19.4 Å². The topological polar surface area (TPSA) is 97.5 Å². The molecule has 6 nitrogen and oxygen atoms in total. The number of sulfone groups is 1. The van der Waals surface area contributed by atoms with Crippen molar-refractivity contribution in [1.82, 2.24) is 4.90 Å². The van der Waals surface area contributed by atoms with Crippen molar-refractivity contribution in [3.05, 3.63) is 0 Å². The summed E-state index contributed by atoms with van der Waals surface area (Å²) in [5.41, 5.74) is 5.30. The minimum absolute atomic E-state index is 0.248. The predicted octanol–water partition coefficient (Wildman–Crippen LogP) is 1.09. The zero-order valence-corrected chi connectivity index (χ0v) is 14.8. The van der Waals surface area contributed by atoms with Crippen molar-refractivity contribution in [1.29, 1.82) is 0 Å². The number of carbonyl (C=O) groups excluding carboxylic acids is 2. The van der Waals surface area contributed by atoms with Crippen molar-refractivity contribution < 1.29 is 18.0 Å². The highest BCUT2D eigenvalue weighted by molar-refractivity contribution is 7.93. The van der Waals surface area contributed by atoms with Gasteiger partial charge in [-0.1, -0.05) is 33.1 Å². The Morgan fingerprint density at radius 2 is 1.70 bits per heavy atom. The molecule has 2 amide bonds. The lowest BCUT2D eigenvalue weighted by Crippen LogP contribution is -2.48. The molecule has 2 rings (SSSR count). The zero-order chi connectivity index (χ0) is 17.2. The van der Waals surface area contributed by atoms with E-state index in [2.05, 4.69) is 0 Å². The van der Waals surface area contributed by atoms with Crippen molar-refractivity contribution >= 4 is 21.7 Å². The minimum atomic E-state index is -3.51. The van der Waals surface area contributed by atoms with Gasteiger partial charge >= 0.3 is 0 Å². The summed E-state index contributed by atoms with van der Waals surface area (Å²) in [5.74, 6) is -1.41. The standard InChI is InChI=1S/C16H28N2O4S/c1-11(2)14(23(21,22)13-6-4-3-5-7-13)16(20)18-9-8-12(10-18)15(17)19/h11-14H,3-10H2,1-2H3,(H2,17,19). The molecule has 0 bridgehead atoms. The molecule has 132 valence electrons. The van der Waals surface area contributed by atoms with Crippen LogP contribution in [0.3, 0.4) is 0 Å². The first-order chi connectivity index (χ1) is 10.7. The first kappa shape index (κ1) is 18.2.